The molecule has 2 N–H and O–H groups in total. The summed E-state index contributed by atoms with van der Waals surface area (Å²) in [5.74, 6) is 0.949. The van der Waals surface area contributed by atoms with Crippen LogP contribution in [0.5, 0.6) is 5.75 Å². The summed E-state index contributed by atoms with van der Waals surface area (Å²) in [5, 5.41) is 2.27. The fraction of sp³-hybridized carbons (Fsp3) is 0.571. The van der Waals surface area contributed by atoms with Gasteiger partial charge in [0.25, 0.3) is 0 Å². The first-order chi connectivity index (χ1) is 8.20. The van der Waals surface area contributed by atoms with Crippen molar-refractivity contribution in [3.05, 3.63) is 29.8 Å². The van der Waals surface area contributed by atoms with Crippen molar-refractivity contribution in [2.24, 2.45) is 0 Å². The molecule has 0 aliphatic rings. The quantitative estimate of drug-likeness (QED) is 0.694. The van der Waals surface area contributed by atoms with Crippen LogP contribution in [0.1, 0.15) is 19.4 Å². The summed E-state index contributed by atoms with van der Waals surface area (Å²) in [4.78, 5) is 0. The zero-order valence-corrected chi connectivity index (χ0v) is 11.1. The van der Waals surface area contributed by atoms with E-state index >= 15 is 0 Å². The molecule has 0 aromatic heterocycles. The first-order valence-corrected chi connectivity index (χ1v) is 6.29. The summed E-state index contributed by atoms with van der Waals surface area (Å²) in [7, 11) is 0. The molecule has 0 bridgehead atoms. The highest BCUT2D eigenvalue weighted by Gasteiger charge is 1.98. The normalized spacial score (nSPS) is 10.8. The number of hydrogen-bond donors (Lipinski definition) is 1. The van der Waals surface area contributed by atoms with Gasteiger partial charge in [0, 0.05) is 0 Å². The van der Waals surface area contributed by atoms with Crippen LogP contribution >= 0.6 is 0 Å². The lowest BCUT2D eigenvalue weighted by molar-refractivity contribution is -0.684. The van der Waals surface area contributed by atoms with Crippen molar-refractivity contribution in [3.63, 3.8) is 0 Å². The maximum absolute atomic E-state index is 5.63. The Hall–Kier alpha value is -1.06. The maximum atomic E-state index is 5.63. The van der Waals surface area contributed by atoms with E-state index in [-0.39, 0.29) is 0 Å². The second kappa shape index (κ2) is 8.09. The lowest BCUT2D eigenvalue weighted by Gasteiger charge is -2.09. The van der Waals surface area contributed by atoms with Gasteiger partial charge in [0.05, 0.1) is 25.8 Å². The molecule has 3 heteroatoms. The Bertz CT molecular complexity index is 313. The summed E-state index contributed by atoms with van der Waals surface area (Å²) >= 11 is 0. The molecule has 0 amide bonds. The van der Waals surface area contributed by atoms with E-state index in [1.54, 1.807) is 0 Å². The number of rotatable bonds is 8. The van der Waals surface area contributed by atoms with Crippen molar-refractivity contribution in [1.82, 2.24) is 0 Å². The summed E-state index contributed by atoms with van der Waals surface area (Å²) in [5.41, 5.74) is 1.17. The number of benzene rings is 1. The standard InChI is InChI=1S/C14H23NO2/c1-12(2)15-8-9-16-10-11-17-14-7-5-4-6-13(14)3/h4-7,12,15H,8-11H2,1-3H3/p+1. The molecule has 1 rings (SSSR count). The zero-order chi connectivity index (χ0) is 12.5. The molecule has 3 nitrogen and oxygen atoms in total. The van der Waals surface area contributed by atoms with Gasteiger partial charge in [-0.25, -0.2) is 0 Å². The summed E-state index contributed by atoms with van der Waals surface area (Å²) in [6.45, 7) is 9.49. The molecular weight excluding hydrogens is 214 g/mol. The van der Waals surface area contributed by atoms with Gasteiger partial charge in [0.1, 0.15) is 12.4 Å². The monoisotopic (exact) mass is 238 g/mol. The minimum Gasteiger partial charge on any atom is -0.491 e. The molecule has 0 heterocycles. The highest BCUT2D eigenvalue weighted by molar-refractivity contribution is 5.31. The van der Waals surface area contributed by atoms with Crippen LogP contribution in [-0.2, 0) is 4.74 Å². The molecule has 0 aliphatic heterocycles. The van der Waals surface area contributed by atoms with Gasteiger partial charge in [0.2, 0.25) is 0 Å². The van der Waals surface area contributed by atoms with Crippen molar-refractivity contribution in [2.45, 2.75) is 26.8 Å². The average Bonchev–Trinajstić information content (AvgIpc) is 2.30. The highest BCUT2D eigenvalue weighted by atomic mass is 16.5. The zero-order valence-electron chi connectivity index (χ0n) is 11.1. The molecule has 17 heavy (non-hydrogen) atoms. The van der Waals surface area contributed by atoms with Gasteiger partial charge < -0.3 is 14.8 Å². The Morgan fingerprint density at radius 2 is 1.88 bits per heavy atom. The lowest BCUT2D eigenvalue weighted by atomic mass is 10.2. The molecule has 0 saturated carbocycles. The Morgan fingerprint density at radius 1 is 1.12 bits per heavy atom. The van der Waals surface area contributed by atoms with Gasteiger partial charge in [-0.15, -0.1) is 0 Å². The number of para-hydroxylation sites is 1. The van der Waals surface area contributed by atoms with Crippen LogP contribution in [0.4, 0.5) is 0 Å². The first-order valence-electron chi connectivity index (χ1n) is 6.29. The number of ether oxygens (including phenoxy) is 2. The predicted molar refractivity (Wildman–Crippen MR) is 69.4 cm³/mol. The van der Waals surface area contributed by atoms with Gasteiger partial charge in [-0.3, -0.25) is 0 Å². The number of quaternary nitrogens is 1. The largest absolute Gasteiger partial charge is 0.491 e. The van der Waals surface area contributed by atoms with E-state index in [4.69, 9.17) is 9.47 Å². The van der Waals surface area contributed by atoms with Crippen molar-refractivity contribution in [1.29, 1.82) is 0 Å². The number of aryl methyl sites for hydroxylation is 1. The van der Waals surface area contributed by atoms with E-state index in [0.29, 0.717) is 19.3 Å². The smallest absolute Gasteiger partial charge is 0.122 e. The van der Waals surface area contributed by atoms with Crippen LogP contribution in [-0.4, -0.2) is 32.4 Å². The van der Waals surface area contributed by atoms with Gasteiger partial charge in [-0.05, 0) is 32.4 Å². The Balaban J connectivity index is 2.03. The van der Waals surface area contributed by atoms with Crippen LogP contribution in [0.15, 0.2) is 24.3 Å². The molecular formula is C14H24NO2+. The van der Waals surface area contributed by atoms with E-state index in [9.17, 15) is 0 Å². The maximum Gasteiger partial charge on any atom is 0.122 e. The minimum atomic E-state index is 0.618. The Morgan fingerprint density at radius 3 is 2.59 bits per heavy atom. The van der Waals surface area contributed by atoms with Crippen LogP contribution < -0.4 is 10.1 Å². The van der Waals surface area contributed by atoms with Crippen LogP contribution in [0, 0.1) is 6.92 Å². The second-order valence-corrected chi connectivity index (χ2v) is 4.49. The molecule has 1 aromatic carbocycles. The van der Waals surface area contributed by atoms with E-state index in [1.165, 1.54) is 5.56 Å². The van der Waals surface area contributed by atoms with E-state index in [1.807, 2.05) is 31.2 Å². The third-order valence-electron chi connectivity index (χ3n) is 2.48. The molecule has 0 fully saturated rings. The van der Waals surface area contributed by atoms with Crippen LogP contribution in [0.2, 0.25) is 0 Å². The first kappa shape index (κ1) is 14.0. The van der Waals surface area contributed by atoms with Crippen molar-refractivity contribution >= 4 is 0 Å². The fourth-order valence-electron chi connectivity index (χ4n) is 1.52. The molecule has 0 unspecified atom stereocenters. The fourth-order valence-corrected chi connectivity index (χ4v) is 1.52. The molecule has 0 saturated heterocycles. The Labute approximate surface area is 104 Å². The van der Waals surface area contributed by atoms with Crippen molar-refractivity contribution in [2.75, 3.05) is 26.4 Å². The van der Waals surface area contributed by atoms with Crippen molar-refractivity contribution in [3.8, 4) is 5.75 Å². The van der Waals surface area contributed by atoms with Crippen LogP contribution in [0.3, 0.4) is 0 Å². The lowest BCUT2D eigenvalue weighted by Crippen LogP contribution is -2.89. The summed E-state index contributed by atoms with van der Waals surface area (Å²) in [6, 6.07) is 8.68. The number of nitrogens with two attached hydrogens (primary N) is 1. The topological polar surface area (TPSA) is 35.1 Å². The van der Waals surface area contributed by atoms with Gasteiger partial charge in [-0.1, -0.05) is 18.2 Å². The van der Waals surface area contributed by atoms with Crippen molar-refractivity contribution < 1.29 is 14.8 Å². The third-order valence-corrected chi connectivity index (χ3v) is 2.48. The minimum absolute atomic E-state index is 0.618. The summed E-state index contributed by atoms with van der Waals surface area (Å²) < 4.78 is 11.1. The van der Waals surface area contributed by atoms with Crippen LogP contribution in [0.25, 0.3) is 0 Å². The second-order valence-electron chi connectivity index (χ2n) is 4.49. The van der Waals surface area contributed by atoms with E-state index < -0.39 is 0 Å². The van der Waals surface area contributed by atoms with E-state index in [0.717, 1.165) is 18.9 Å². The average molecular weight is 238 g/mol. The molecule has 0 atom stereocenters. The van der Waals surface area contributed by atoms with Gasteiger partial charge in [-0.2, -0.15) is 0 Å². The summed E-state index contributed by atoms with van der Waals surface area (Å²) in [6.07, 6.45) is 0. The predicted octanol–water partition coefficient (Wildman–Crippen LogP) is 1.36. The molecule has 96 valence electrons. The SMILES string of the molecule is Cc1ccccc1OCCOCC[NH2+]C(C)C. The Kier molecular flexibility index (Phi) is 6.67. The van der Waals surface area contributed by atoms with Gasteiger partial charge >= 0.3 is 0 Å². The molecule has 0 spiro atoms. The number of hydrogen-bond acceptors (Lipinski definition) is 2. The van der Waals surface area contributed by atoms with Gasteiger partial charge in [0.15, 0.2) is 0 Å². The molecule has 1 aromatic rings. The highest BCUT2D eigenvalue weighted by Crippen LogP contribution is 2.15. The van der Waals surface area contributed by atoms with E-state index in [2.05, 4.69) is 19.2 Å². The molecule has 0 aliphatic carbocycles. The molecule has 0 radical (unpaired) electrons. The third kappa shape index (κ3) is 6.29.